The first-order chi connectivity index (χ1) is 12.2. The van der Waals surface area contributed by atoms with Crippen LogP contribution in [-0.2, 0) is 11.2 Å². The fourth-order valence-corrected chi connectivity index (χ4v) is 3.41. The van der Waals surface area contributed by atoms with E-state index < -0.39 is 0 Å². The molecule has 1 aliphatic rings. The third-order valence-corrected chi connectivity index (χ3v) is 4.87. The molecule has 4 nitrogen and oxygen atoms in total. The third kappa shape index (κ3) is 4.99. The van der Waals surface area contributed by atoms with E-state index in [0.29, 0.717) is 13.0 Å². The highest BCUT2D eigenvalue weighted by Gasteiger charge is 2.20. The zero-order chi connectivity index (χ0) is 17.6. The van der Waals surface area contributed by atoms with E-state index >= 15 is 0 Å². The quantitative estimate of drug-likeness (QED) is 0.812. The highest BCUT2D eigenvalue weighted by Crippen LogP contribution is 2.24. The second-order valence-corrected chi connectivity index (χ2v) is 6.64. The minimum absolute atomic E-state index is 0. The number of hydrogen-bond donors (Lipinski definition) is 2. The fraction of sp³-hybridized carbons (Fsp3) is 0.381. The lowest BCUT2D eigenvalue weighted by Crippen LogP contribution is -2.39. The molecule has 2 aromatic rings. The van der Waals surface area contributed by atoms with E-state index in [2.05, 4.69) is 41.8 Å². The molecule has 1 aliphatic heterocycles. The molecule has 0 bridgehead atoms. The average molecular weight is 375 g/mol. The second-order valence-electron chi connectivity index (χ2n) is 6.64. The van der Waals surface area contributed by atoms with Gasteiger partial charge in [-0.25, -0.2) is 0 Å². The Morgan fingerprint density at radius 1 is 1.27 bits per heavy atom. The van der Waals surface area contributed by atoms with Gasteiger partial charge in [0.1, 0.15) is 5.75 Å². The largest absolute Gasteiger partial charge is 0.497 e. The molecule has 0 fully saturated rings. The van der Waals surface area contributed by atoms with Crippen molar-refractivity contribution in [1.82, 2.24) is 10.6 Å². The van der Waals surface area contributed by atoms with E-state index in [1.165, 1.54) is 11.1 Å². The van der Waals surface area contributed by atoms with Crippen LogP contribution in [0.1, 0.15) is 42.0 Å². The summed E-state index contributed by atoms with van der Waals surface area (Å²) in [4.78, 5) is 12.4. The Balaban J connectivity index is 0.00000243. The van der Waals surface area contributed by atoms with Gasteiger partial charge in [0.25, 0.3) is 0 Å². The first kappa shape index (κ1) is 20.3. The Bertz CT molecular complexity index is 735. The Labute approximate surface area is 161 Å². The monoisotopic (exact) mass is 374 g/mol. The fourth-order valence-electron chi connectivity index (χ4n) is 3.41. The lowest BCUT2D eigenvalue weighted by atomic mass is 9.94. The van der Waals surface area contributed by atoms with Crippen molar-refractivity contribution in [2.45, 2.75) is 31.7 Å². The van der Waals surface area contributed by atoms with Crippen LogP contribution in [0.15, 0.2) is 48.5 Å². The number of benzene rings is 2. The zero-order valence-corrected chi connectivity index (χ0v) is 16.1. The Morgan fingerprint density at radius 3 is 2.88 bits per heavy atom. The minimum atomic E-state index is 0. The summed E-state index contributed by atoms with van der Waals surface area (Å²) >= 11 is 0. The van der Waals surface area contributed by atoms with Gasteiger partial charge in [0.2, 0.25) is 5.91 Å². The predicted molar refractivity (Wildman–Crippen MR) is 107 cm³/mol. The van der Waals surface area contributed by atoms with Gasteiger partial charge in [0.15, 0.2) is 0 Å². The number of nitrogens with one attached hydrogen (secondary N) is 2. The number of ether oxygens (including phenoxy) is 1. The maximum Gasteiger partial charge on any atom is 0.220 e. The molecule has 26 heavy (non-hydrogen) atoms. The molecule has 0 saturated carbocycles. The van der Waals surface area contributed by atoms with E-state index in [1.807, 2.05) is 24.3 Å². The molecule has 140 valence electrons. The van der Waals surface area contributed by atoms with Crippen LogP contribution in [-0.4, -0.2) is 26.1 Å². The Hall–Kier alpha value is -2.04. The van der Waals surface area contributed by atoms with Crippen molar-refractivity contribution in [1.29, 1.82) is 0 Å². The van der Waals surface area contributed by atoms with E-state index in [1.54, 1.807) is 7.11 Å². The van der Waals surface area contributed by atoms with Crippen molar-refractivity contribution in [2.24, 2.45) is 0 Å². The van der Waals surface area contributed by atoms with E-state index in [4.69, 9.17) is 4.74 Å². The topological polar surface area (TPSA) is 50.4 Å². The molecule has 1 heterocycles. The van der Waals surface area contributed by atoms with Crippen LogP contribution in [0.3, 0.4) is 0 Å². The minimum Gasteiger partial charge on any atom is -0.497 e. The van der Waals surface area contributed by atoms with Gasteiger partial charge in [-0.2, -0.15) is 0 Å². The molecule has 0 aliphatic carbocycles. The molecular weight excluding hydrogens is 348 g/mol. The zero-order valence-electron chi connectivity index (χ0n) is 15.3. The van der Waals surface area contributed by atoms with Crippen LogP contribution in [0.2, 0.25) is 0 Å². The molecule has 3 rings (SSSR count). The van der Waals surface area contributed by atoms with Gasteiger partial charge < -0.3 is 15.4 Å². The second kappa shape index (κ2) is 9.60. The number of carbonyl (C=O) groups excluding carboxylic acids is 1. The van der Waals surface area contributed by atoms with Crippen LogP contribution >= 0.6 is 12.4 Å². The number of fused-ring (bicyclic) bond motifs is 1. The molecular formula is C21H27ClN2O2. The van der Waals surface area contributed by atoms with Crippen molar-refractivity contribution < 1.29 is 9.53 Å². The summed E-state index contributed by atoms with van der Waals surface area (Å²) in [5.41, 5.74) is 3.80. The molecule has 0 radical (unpaired) electrons. The molecule has 0 aromatic heterocycles. The molecule has 0 spiro atoms. The lowest BCUT2D eigenvalue weighted by Gasteiger charge is -2.27. The highest BCUT2D eigenvalue weighted by atomic mass is 35.5. The summed E-state index contributed by atoms with van der Waals surface area (Å²) in [6.45, 7) is 3.65. The van der Waals surface area contributed by atoms with Crippen LogP contribution in [0, 0.1) is 0 Å². The number of carbonyl (C=O) groups is 1. The van der Waals surface area contributed by atoms with Gasteiger partial charge in [-0.1, -0.05) is 43.3 Å². The van der Waals surface area contributed by atoms with Gasteiger partial charge in [-0.05, 0) is 47.7 Å². The summed E-state index contributed by atoms with van der Waals surface area (Å²) in [5, 5.41) is 6.59. The predicted octanol–water partition coefficient (Wildman–Crippen LogP) is 3.61. The summed E-state index contributed by atoms with van der Waals surface area (Å²) in [6, 6.07) is 16.6. The van der Waals surface area contributed by atoms with Gasteiger partial charge in [-0.3, -0.25) is 4.79 Å². The van der Waals surface area contributed by atoms with Crippen molar-refractivity contribution in [3.8, 4) is 5.75 Å². The summed E-state index contributed by atoms with van der Waals surface area (Å²) in [5.74, 6) is 1.06. The van der Waals surface area contributed by atoms with E-state index in [-0.39, 0.29) is 30.3 Å². The lowest BCUT2D eigenvalue weighted by molar-refractivity contribution is -0.121. The van der Waals surface area contributed by atoms with Crippen LogP contribution in [0.4, 0.5) is 0 Å². The van der Waals surface area contributed by atoms with Crippen molar-refractivity contribution >= 4 is 18.3 Å². The van der Waals surface area contributed by atoms with Gasteiger partial charge in [0, 0.05) is 19.0 Å². The maximum atomic E-state index is 12.4. The summed E-state index contributed by atoms with van der Waals surface area (Å²) in [6.07, 6.45) is 1.52. The van der Waals surface area contributed by atoms with Crippen LogP contribution in [0.25, 0.3) is 0 Å². The third-order valence-electron chi connectivity index (χ3n) is 4.87. The standard InChI is InChI=1S/C21H26N2O2.ClH/c1-15(17-7-5-8-18(13-17)25-2)12-21(24)23-14-20-19-9-4-3-6-16(19)10-11-22-20;/h3-9,13,15,20,22H,10-12,14H2,1-2H3,(H,23,24);1H. The number of methoxy groups -OCH3 is 1. The molecule has 5 heteroatoms. The molecule has 0 saturated heterocycles. The number of hydrogen-bond acceptors (Lipinski definition) is 3. The maximum absolute atomic E-state index is 12.4. The molecule has 2 unspecified atom stereocenters. The number of halogens is 1. The molecule has 1 amide bonds. The van der Waals surface area contributed by atoms with E-state index in [9.17, 15) is 4.79 Å². The van der Waals surface area contributed by atoms with Crippen molar-refractivity contribution in [3.05, 3.63) is 65.2 Å². The average Bonchev–Trinajstić information content (AvgIpc) is 2.66. The van der Waals surface area contributed by atoms with Crippen LogP contribution < -0.4 is 15.4 Å². The highest BCUT2D eigenvalue weighted by molar-refractivity contribution is 5.85. The number of rotatable bonds is 6. The molecule has 2 N–H and O–H groups in total. The first-order valence-corrected chi connectivity index (χ1v) is 8.89. The summed E-state index contributed by atoms with van der Waals surface area (Å²) in [7, 11) is 1.66. The van der Waals surface area contributed by atoms with Crippen molar-refractivity contribution in [3.63, 3.8) is 0 Å². The SMILES string of the molecule is COc1cccc(C(C)CC(=O)NCC2NCCc3ccccc32)c1.Cl. The molecule has 2 aromatic carbocycles. The first-order valence-electron chi connectivity index (χ1n) is 8.89. The smallest absolute Gasteiger partial charge is 0.220 e. The summed E-state index contributed by atoms with van der Waals surface area (Å²) < 4.78 is 5.26. The molecule has 2 atom stereocenters. The van der Waals surface area contributed by atoms with Crippen molar-refractivity contribution in [2.75, 3.05) is 20.2 Å². The normalized spacial score (nSPS) is 16.8. The van der Waals surface area contributed by atoms with Gasteiger partial charge >= 0.3 is 0 Å². The van der Waals surface area contributed by atoms with E-state index in [0.717, 1.165) is 24.3 Å². The van der Waals surface area contributed by atoms with Gasteiger partial charge in [0.05, 0.1) is 7.11 Å². The van der Waals surface area contributed by atoms with Crippen LogP contribution in [0.5, 0.6) is 5.75 Å². The van der Waals surface area contributed by atoms with Gasteiger partial charge in [-0.15, -0.1) is 12.4 Å². The number of amides is 1. The Morgan fingerprint density at radius 2 is 2.08 bits per heavy atom. The Kier molecular flexibility index (Phi) is 7.49.